The van der Waals surface area contributed by atoms with E-state index in [4.69, 9.17) is 0 Å². The van der Waals surface area contributed by atoms with E-state index in [1.54, 1.807) is 16.8 Å². The first-order valence-corrected chi connectivity index (χ1v) is 9.42. The Morgan fingerprint density at radius 3 is 2.70 bits per heavy atom. The Morgan fingerprint density at radius 2 is 1.97 bits per heavy atom. The summed E-state index contributed by atoms with van der Waals surface area (Å²) in [5.74, 6) is -1.14. The zero-order valence-corrected chi connectivity index (χ0v) is 16.2. The predicted molar refractivity (Wildman–Crippen MR) is 115 cm³/mol. The fourth-order valence-electron chi connectivity index (χ4n) is 3.25. The van der Waals surface area contributed by atoms with Crippen molar-refractivity contribution in [2.24, 2.45) is 0 Å². The van der Waals surface area contributed by atoms with Crippen LogP contribution in [0.5, 0.6) is 0 Å². The van der Waals surface area contributed by atoms with Gasteiger partial charge in [-0.25, -0.2) is 9.48 Å². The van der Waals surface area contributed by atoms with Gasteiger partial charge in [0.2, 0.25) is 0 Å². The molecule has 7 heteroatoms. The molecule has 30 heavy (non-hydrogen) atoms. The third kappa shape index (κ3) is 4.00. The van der Waals surface area contributed by atoms with Gasteiger partial charge in [0.15, 0.2) is 0 Å². The van der Waals surface area contributed by atoms with Crippen molar-refractivity contribution in [2.45, 2.75) is 13.0 Å². The fraction of sp³-hybridized carbons (Fsp3) is 0.0870. The largest absolute Gasteiger partial charge is 0.477 e. The standard InChI is InChI=1S/C23H20N4O3/c1-15-6-5-9-17(12-15)25-22(28)19-14-24-27-18(11-10-16-7-3-2-4-8-16)13-20(23(29)30)26-21(19)27/h2-14,18,26H,1H3,(H,25,28)(H,29,30). The monoisotopic (exact) mass is 400 g/mol. The van der Waals surface area contributed by atoms with E-state index in [0.717, 1.165) is 11.1 Å². The second-order valence-electron chi connectivity index (χ2n) is 6.95. The van der Waals surface area contributed by atoms with Gasteiger partial charge in [0.1, 0.15) is 17.1 Å². The minimum atomic E-state index is -1.11. The SMILES string of the molecule is Cc1cccc(NC(=O)c2cnn3c2NC(C(=O)O)=CC3C=Cc2ccccc2)c1. The van der Waals surface area contributed by atoms with Crippen LogP contribution < -0.4 is 10.6 Å². The third-order valence-electron chi connectivity index (χ3n) is 4.70. The molecule has 2 heterocycles. The zero-order chi connectivity index (χ0) is 21.1. The van der Waals surface area contributed by atoms with Gasteiger partial charge in [0.25, 0.3) is 5.91 Å². The molecule has 2 aromatic carbocycles. The molecule has 1 amide bonds. The van der Waals surface area contributed by atoms with Gasteiger partial charge in [-0.2, -0.15) is 5.10 Å². The molecule has 0 saturated carbocycles. The molecule has 0 spiro atoms. The van der Waals surface area contributed by atoms with E-state index in [9.17, 15) is 14.7 Å². The highest BCUT2D eigenvalue weighted by Crippen LogP contribution is 2.29. The zero-order valence-electron chi connectivity index (χ0n) is 16.2. The average molecular weight is 400 g/mol. The Morgan fingerprint density at radius 1 is 1.17 bits per heavy atom. The van der Waals surface area contributed by atoms with Crippen molar-refractivity contribution in [2.75, 3.05) is 10.6 Å². The summed E-state index contributed by atoms with van der Waals surface area (Å²) in [6.45, 7) is 1.94. The lowest BCUT2D eigenvalue weighted by atomic mass is 10.1. The first kappa shape index (κ1) is 19.2. The number of aliphatic carboxylic acids is 1. The fourth-order valence-corrected chi connectivity index (χ4v) is 3.25. The van der Waals surface area contributed by atoms with Crippen molar-refractivity contribution >= 4 is 29.5 Å². The maximum absolute atomic E-state index is 12.8. The van der Waals surface area contributed by atoms with E-state index in [1.807, 2.05) is 67.6 Å². The predicted octanol–water partition coefficient (Wildman–Crippen LogP) is 4.09. The number of carbonyl (C=O) groups excluding carboxylic acids is 1. The number of carbonyl (C=O) groups is 2. The van der Waals surface area contributed by atoms with E-state index in [0.29, 0.717) is 11.5 Å². The van der Waals surface area contributed by atoms with Crippen molar-refractivity contribution in [3.8, 4) is 0 Å². The molecule has 0 aliphatic carbocycles. The van der Waals surface area contributed by atoms with Crippen LogP contribution >= 0.6 is 0 Å². The van der Waals surface area contributed by atoms with Crippen LogP contribution in [-0.4, -0.2) is 26.8 Å². The normalized spacial score (nSPS) is 15.2. The van der Waals surface area contributed by atoms with Gasteiger partial charge in [0, 0.05) is 5.69 Å². The highest BCUT2D eigenvalue weighted by Gasteiger charge is 2.27. The Labute approximate surface area is 173 Å². The molecule has 1 unspecified atom stereocenters. The number of carboxylic acid groups (broad SMARTS) is 1. The quantitative estimate of drug-likeness (QED) is 0.599. The van der Waals surface area contributed by atoms with Crippen molar-refractivity contribution in [1.82, 2.24) is 9.78 Å². The topological polar surface area (TPSA) is 96.3 Å². The van der Waals surface area contributed by atoms with Gasteiger partial charge < -0.3 is 15.7 Å². The first-order valence-electron chi connectivity index (χ1n) is 9.42. The summed E-state index contributed by atoms with van der Waals surface area (Å²) in [5.41, 5.74) is 2.92. The molecular formula is C23H20N4O3. The number of benzene rings is 2. The first-order chi connectivity index (χ1) is 14.5. The van der Waals surface area contributed by atoms with Crippen LogP contribution in [0.3, 0.4) is 0 Å². The molecule has 0 radical (unpaired) electrons. The summed E-state index contributed by atoms with van der Waals surface area (Å²) in [5, 5.41) is 19.5. The van der Waals surface area contributed by atoms with Gasteiger partial charge in [0.05, 0.1) is 12.2 Å². The molecule has 150 valence electrons. The van der Waals surface area contributed by atoms with Crippen LogP contribution in [0.15, 0.2) is 78.6 Å². The molecule has 0 fully saturated rings. The molecule has 1 aliphatic heterocycles. The van der Waals surface area contributed by atoms with Gasteiger partial charge in [-0.05, 0) is 36.3 Å². The smallest absolute Gasteiger partial charge is 0.352 e. The molecule has 0 bridgehead atoms. The minimum Gasteiger partial charge on any atom is -0.477 e. The van der Waals surface area contributed by atoms with Gasteiger partial charge in [-0.1, -0.05) is 54.6 Å². The summed E-state index contributed by atoms with van der Waals surface area (Å²) in [4.78, 5) is 24.5. The highest BCUT2D eigenvalue weighted by atomic mass is 16.4. The molecule has 3 aromatic rings. The van der Waals surface area contributed by atoms with E-state index >= 15 is 0 Å². The van der Waals surface area contributed by atoms with Crippen LogP contribution in [0.4, 0.5) is 11.5 Å². The second-order valence-corrected chi connectivity index (χ2v) is 6.95. The van der Waals surface area contributed by atoms with E-state index in [2.05, 4.69) is 15.7 Å². The Bertz CT molecular complexity index is 1160. The molecule has 1 aromatic heterocycles. The summed E-state index contributed by atoms with van der Waals surface area (Å²) in [6, 6.07) is 16.7. The van der Waals surface area contributed by atoms with Crippen molar-refractivity contribution < 1.29 is 14.7 Å². The van der Waals surface area contributed by atoms with Crippen LogP contribution in [-0.2, 0) is 4.79 Å². The third-order valence-corrected chi connectivity index (χ3v) is 4.70. The highest BCUT2D eigenvalue weighted by molar-refractivity contribution is 6.08. The summed E-state index contributed by atoms with van der Waals surface area (Å²) in [7, 11) is 0. The van der Waals surface area contributed by atoms with Crippen molar-refractivity contribution in [3.05, 3.63) is 95.3 Å². The molecule has 1 aliphatic rings. The Kier molecular flexibility index (Phi) is 5.17. The molecule has 1 atom stereocenters. The number of nitrogens with zero attached hydrogens (tertiary/aromatic N) is 2. The lowest BCUT2D eigenvalue weighted by Crippen LogP contribution is -2.24. The Balaban J connectivity index is 1.65. The van der Waals surface area contributed by atoms with Crippen LogP contribution in [0.1, 0.15) is 27.5 Å². The minimum absolute atomic E-state index is 0.00434. The maximum Gasteiger partial charge on any atom is 0.352 e. The van der Waals surface area contributed by atoms with Crippen molar-refractivity contribution in [1.29, 1.82) is 0 Å². The number of allylic oxidation sites excluding steroid dienone is 2. The molecular weight excluding hydrogens is 380 g/mol. The van der Waals surface area contributed by atoms with Gasteiger partial charge in [-0.3, -0.25) is 4.79 Å². The summed E-state index contributed by atoms with van der Waals surface area (Å²) < 4.78 is 1.59. The molecule has 4 rings (SSSR count). The number of aromatic nitrogens is 2. The Hall–Kier alpha value is -4.13. The number of rotatable bonds is 5. The van der Waals surface area contributed by atoms with E-state index in [-0.39, 0.29) is 17.2 Å². The van der Waals surface area contributed by atoms with Crippen LogP contribution in [0, 0.1) is 6.92 Å². The number of fused-ring (bicyclic) bond motifs is 1. The number of aryl methyl sites for hydroxylation is 1. The van der Waals surface area contributed by atoms with Gasteiger partial charge in [-0.15, -0.1) is 0 Å². The van der Waals surface area contributed by atoms with Crippen molar-refractivity contribution in [3.63, 3.8) is 0 Å². The summed E-state index contributed by atoms with van der Waals surface area (Å²) in [6.07, 6.45) is 6.74. The molecule has 3 N–H and O–H groups in total. The van der Waals surface area contributed by atoms with Crippen LogP contribution in [0.25, 0.3) is 6.08 Å². The second kappa shape index (κ2) is 8.08. The van der Waals surface area contributed by atoms with E-state index in [1.165, 1.54) is 6.20 Å². The average Bonchev–Trinajstić information content (AvgIpc) is 3.17. The summed E-state index contributed by atoms with van der Waals surface area (Å²) >= 11 is 0. The van der Waals surface area contributed by atoms with E-state index < -0.39 is 12.0 Å². The molecule has 0 saturated heterocycles. The number of hydrogen-bond donors (Lipinski definition) is 3. The maximum atomic E-state index is 12.8. The number of hydrogen-bond acceptors (Lipinski definition) is 4. The number of nitrogens with one attached hydrogen (secondary N) is 2. The molecule has 7 nitrogen and oxygen atoms in total. The van der Waals surface area contributed by atoms with Crippen LogP contribution in [0.2, 0.25) is 0 Å². The lowest BCUT2D eigenvalue weighted by molar-refractivity contribution is -0.132. The number of carboxylic acids is 1. The lowest BCUT2D eigenvalue weighted by Gasteiger charge is -2.22. The van der Waals surface area contributed by atoms with Gasteiger partial charge >= 0.3 is 5.97 Å². The number of anilines is 2. The number of amides is 1.